The zero-order chi connectivity index (χ0) is 21.8. The van der Waals surface area contributed by atoms with Crippen LogP contribution in [0.25, 0.3) is 6.08 Å². The van der Waals surface area contributed by atoms with Crippen molar-refractivity contribution < 1.29 is 23.9 Å². The van der Waals surface area contributed by atoms with Gasteiger partial charge in [-0.15, -0.1) is 0 Å². The molecule has 0 radical (unpaired) electrons. The quantitative estimate of drug-likeness (QED) is 0.248. The van der Waals surface area contributed by atoms with E-state index in [0.717, 1.165) is 10.0 Å². The zero-order valence-corrected chi connectivity index (χ0v) is 18.1. The minimum Gasteiger partial charge on any atom is -0.434 e. The van der Waals surface area contributed by atoms with Crippen molar-refractivity contribution in [2.45, 2.75) is 13.3 Å². The van der Waals surface area contributed by atoms with Gasteiger partial charge in [-0.25, -0.2) is 4.79 Å². The highest BCUT2D eigenvalue weighted by atomic mass is 79.9. The van der Waals surface area contributed by atoms with E-state index in [9.17, 15) is 14.4 Å². The van der Waals surface area contributed by atoms with Crippen LogP contribution in [0.2, 0.25) is 0 Å². The van der Waals surface area contributed by atoms with E-state index in [2.05, 4.69) is 31.3 Å². The summed E-state index contributed by atoms with van der Waals surface area (Å²) in [6, 6.07) is 13.8. The first-order valence-electron chi connectivity index (χ1n) is 9.42. The molecule has 0 aliphatic rings. The molecular weight excluding hydrogens is 452 g/mol. The summed E-state index contributed by atoms with van der Waals surface area (Å²) in [5.74, 6) is -0.149. The maximum Gasteiger partial charge on any atom is 0.513 e. The fraction of sp³-hybridized carbons (Fsp3) is 0.227. The van der Waals surface area contributed by atoms with E-state index < -0.39 is 6.16 Å². The highest BCUT2D eigenvalue weighted by Crippen LogP contribution is 2.13. The smallest absolute Gasteiger partial charge is 0.434 e. The van der Waals surface area contributed by atoms with Crippen molar-refractivity contribution in [1.82, 2.24) is 10.6 Å². The van der Waals surface area contributed by atoms with Crippen LogP contribution in [0.5, 0.6) is 5.75 Å². The molecule has 0 bridgehead atoms. The van der Waals surface area contributed by atoms with Gasteiger partial charge in [-0.2, -0.15) is 0 Å². The number of rotatable bonds is 9. The van der Waals surface area contributed by atoms with E-state index in [4.69, 9.17) is 4.74 Å². The molecule has 2 N–H and O–H groups in total. The molecule has 0 saturated carbocycles. The van der Waals surface area contributed by atoms with Gasteiger partial charge in [0.2, 0.25) is 5.91 Å². The van der Waals surface area contributed by atoms with Crippen LogP contribution >= 0.6 is 15.9 Å². The van der Waals surface area contributed by atoms with Gasteiger partial charge < -0.3 is 20.1 Å². The molecule has 0 atom stereocenters. The van der Waals surface area contributed by atoms with Gasteiger partial charge in [0.15, 0.2) is 0 Å². The van der Waals surface area contributed by atoms with Gasteiger partial charge in [0.05, 0.1) is 6.61 Å². The molecule has 0 fully saturated rings. The Bertz CT molecular complexity index is 879. The number of ether oxygens (including phenoxy) is 2. The highest BCUT2D eigenvalue weighted by Gasteiger charge is 2.08. The lowest BCUT2D eigenvalue weighted by molar-refractivity contribution is -0.116. The van der Waals surface area contributed by atoms with Crippen LogP contribution < -0.4 is 15.4 Å². The molecule has 0 heterocycles. The van der Waals surface area contributed by atoms with Gasteiger partial charge in [-0.1, -0.05) is 28.1 Å². The summed E-state index contributed by atoms with van der Waals surface area (Å²) in [6.45, 7) is 2.76. The van der Waals surface area contributed by atoms with Crippen LogP contribution in [-0.2, 0) is 9.53 Å². The molecule has 158 valence electrons. The lowest BCUT2D eigenvalue weighted by atomic mass is 10.2. The highest BCUT2D eigenvalue weighted by molar-refractivity contribution is 9.10. The average molecular weight is 475 g/mol. The van der Waals surface area contributed by atoms with E-state index in [0.29, 0.717) is 30.8 Å². The first-order valence-corrected chi connectivity index (χ1v) is 10.2. The summed E-state index contributed by atoms with van der Waals surface area (Å²) >= 11 is 3.36. The fourth-order valence-electron chi connectivity index (χ4n) is 2.33. The molecule has 2 aromatic carbocycles. The average Bonchev–Trinajstić information content (AvgIpc) is 2.73. The second-order valence-electron chi connectivity index (χ2n) is 6.09. The van der Waals surface area contributed by atoms with Crippen LogP contribution in [0.4, 0.5) is 4.79 Å². The third-order valence-electron chi connectivity index (χ3n) is 3.82. The zero-order valence-electron chi connectivity index (χ0n) is 16.5. The molecule has 0 unspecified atom stereocenters. The topological polar surface area (TPSA) is 93.7 Å². The van der Waals surface area contributed by atoms with Gasteiger partial charge >= 0.3 is 6.16 Å². The van der Waals surface area contributed by atoms with Crippen LogP contribution in [0.1, 0.15) is 29.3 Å². The first kappa shape index (κ1) is 23.2. The predicted molar refractivity (Wildman–Crippen MR) is 117 cm³/mol. The third-order valence-corrected chi connectivity index (χ3v) is 4.34. The van der Waals surface area contributed by atoms with Crippen LogP contribution in [-0.4, -0.2) is 37.7 Å². The molecule has 7 nitrogen and oxygen atoms in total. The lowest BCUT2D eigenvalue weighted by Gasteiger charge is -2.07. The van der Waals surface area contributed by atoms with Crippen molar-refractivity contribution in [3.05, 3.63) is 70.2 Å². The van der Waals surface area contributed by atoms with Gasteiger partial charge in [0.1, 0.15) is 5.75 Å². The summed E-state index contributed by atoms with van der Waals surface area (Å²) in [5, 5.41) is 5.54. The van der Waals surface area contributed by atoms with Crippen LogP contribution in [0, 0.1) is 0 Å². The number of benzene rings is 2. The molecule has 0 aliphatic heterocycles. The Labute approximate surface area is 183 Å². The minimum absolute atomic E-state index is 0.193. The summed E-state index contributed by atoms with van der Waals surface area (Å²) in [6.07, 6.45) is 3.01. The molecule has 8 heteroatoms. The molecule has 2 rings (SSSR count). The lowest BCUT2D eigenvalue weighted by Crippen LogP contribution is -2.29. The predicted octanol–water partition coefficient (Wildman–Crippen LogP) is 3.93. The van der Waals surface area contributed by atoms with E-state index in [-0.39, 0.29) is 18.4 Å². The van der Waals surface area contributed by atoms with Crippen molar-refractivity contribution in [3.8, 4) is 5.75 Å². The molecule has 2 amide bonds. The van der Waals surface area contributed by atoms with Crippen molar-refractivity contribution in [2.75, 3.05) is 19.7 Å². The summed E-state index contributed by atoms with van der Waals surface area (Å²) in [5.41, 5.74) is 1.37. The Morgan fingerprint density at radius 3 is 2.30 bits per heavy atom. The standard InChI is InChI=1S/C22H23BrN2O5/c1-2-29-22(28)30-19-11-7-17(8-12-19)21(27)25-15-3-14-24-20(26)13-6-16-4-9-18(23)10-5-16/h4-13H,2-3,14-15H2,1H3,(H,24,26)(H,25,27)/b13-6+. The third kappa shape index (κ3) is 8.48. The molecule has 0 aromatic heterocycles. The second kappa shape index (κ2) is 12.4. The van der Waals surface area contributed by atoms with Crippen molar-refractivity contribution in [1.29, 1.82) is 0 Å². The second-order valence-corrected chi connectivity index (χ2v) is 7.01. The SMILES string of the molecule is CCOC(=O)Oc1ccc(C(=O)NCCCNC(=O)/C=C/c2ccc(Br)cc2)cc1. The van der Waals surface area contributed by atoms with E-state index in [1.54, 1.807) is 25.1 Å². The molecule has 2 aromatic rings. The number of amides is 2. The molecular formula is C22H23BrN2O5. The molecule has 30 heavy (non-hydrogen) atoms. The van der Waals surface area contributed by atoms with Crippen molar-refractivity contribution in [2.24, 2.45) is 0 Å². The number of carbonyl (C=O) groups excluding carboxylic acids is 3. The number of halogens is 1. The normalized spacial score (nSPS) is 10.5. The molecule has 0 saturated heterocycles. The Morgan fingerprint density at radius 2 is 1.63 bits per heavy atom. The van der Waals surface area contributed by atoms with E-state index in [1.807, 2.05) is 24.3 Å². The number of hydrogen-bond acceptors (Lipinski definition) is 5. The summed E-state index contributed by atoms with van der Waals surface area (Å²) in [4.78, 5) is 35.2. The fourth-order valence-corrected chi connectivity index (χ4v) is 2.59. The Kier molecular flexibility index (Phi) is 9.60. The number of carbonyl (C=O) groups is 3. The molecule has 0 aliphatic carbocycles. The monoisotopic (exact) mass is 474 g/mol. The van der Waals surface area contributed by atoms with Crippen LogP contribution in [0.3, 0.4) is 0 Å². The number of nitrogens with one attached hydrogen (secondary N) is 2. The van der Waals surface area contributed by atoms with E-state index >= 15 is 0 Å². The maximum absolute atomic E-state index is 12.1. The summed E-state index contributed by atoms with van der Waals surface area (Å²) in [7, 11) is 0. The molecule has 0 spiro atoms. The van der Waals surface area contributed by atoms with Gasteiger partial charge in [0.25, 0.3) is 5.91 Å². The Balaban J connectivity index is 1.65. The van der Waals surface area contributed by atoms with Crippen LogP contribution in [0.15, 0.2) is 59.1 Å². The van der Waals surface area contributed by atoms with Crippen molar-refractivity contribution in [3.63, 3.8) is 0 Å². The number of hydrogen-bond donors (Lipinski definition) is 2. The first-order chi connectivity index (χ1) is 14.5. The minimum atomic E-state index is -0.788. The van der Waals surface area contributed by atoms with Gasteiger partial charge in [-0.05, 0) is 61.4 Å². The maximum atomic E-state index is 12.1. The summed E-state index contributed by atoms with van der Waals surface area (Å²) < 4.78 is 10.6. The Hall–Kier alpha value is -3.13. The van der Waals surface area contributed by atoms with Gasteiger partial charge in [0, 0.05) is 29.2 Å². The Morgan fingerprint density at radius 1 is 0.967 bits per heavy atom. The van der Waals surface area contributed by atoms with E-state index in [1.165, 1.54) is 18.2 Å². The van der Waals surface area contributed by atoms with Gasteiger partial charge in [-0.3, -0.25) is 9.59 Å². The van der Waals surface area contributed by atoms with Crippen molar-refractivity contribution >= 4 is 40.0 Å². The largest absolute Gasteiger partial charge is 0.513 e.